The average molecular weight is 411 g/mol. The molecule has 1 N–H and O–H groups in total. The maximum absolute atomic E-state index is 13.2. The van der Waals surface area contributed by atoms with Gasteiger partial charge in [0.25, 0.3) is 5.91 Å². The minimum Gasteiger partial charge on any atom is -0.340 e. The van der Waals surface area contributed by atoms with E-state index < -0.39 is 41.7 Å². The fraction of sp³-hybridized carbons (Fsp3) is 0.550. The van der Waals surface area contributed by atoms with Gasteiger partial charge in [0.2, 0.25) is 5.91 Å². The molecule has 1 aliphatic carbocycles. The lowest BCUT2D eigenvalue weighted by Gasteiger charge is -2.33. The van der Waals surface area contributed by atoms with E-state index in [1.54, 1.807) is 0 Å². The van der Waals surface area contributed by atoms with Crippen molar-refractivity contribution in [3.63, 3.8) is 0 Å². The Kier molecular flexibility index (Phi) is 5.60. The lowest BCUT2D eigenvalue weighted by molar-refractivity contribution is -0.140. The topological polar surface area (TPSA) is 69.7 Å². The molecule has 1 heterocycles. The van der Waals surface area contributed by atoms with Gasteiger partial charge in [0.05, 0.1) is 5.56 Å². The zero-order chi connectivity index (χ0) is 21.4. The van der Waals surface area contributed by atoms with Gasteiger partial charge in [-0.15, -0.1) is 0 Å². The molecule has 0 bridgehead atoms. The number of likely N-dealkylation sites (N-methyl/N-ethyl adjacent to an activating group) is 1. The second kappa shape index (κ2) is 7.68. The van der Waals surface area contributed by atoms with Crippen LogP contribution >= 0.6 is 0 Å². The standard InChI is InChI=1S/C20H24F3N3O3/c1-13-7-9-19(10-8-13)17(28)26(18(29)24-19)12-16(27)25(2)11-14-5-3-4-6-15(14)20(21,22)23/h3-6,13H,7-12H2,1-2H3,(H,24,29). The Labute approximate surface area is 167 Å². The summed E-state index contributed by atoms with van der Waals surface area (Å²) in [6.45, 7) is 1.32. The molecule has 1 spiro atoms. The van der Waals surface area contributed by atoms with Crippen molar-refractivity contribution in [1.82, 2.24) is 15.1 Å². The normalized spacial score (nSPS) is 24.7. The molecule has 0 atom stereocenters. The number of halogens is 3. The minimum atomic E-state index is -4.53. The lowest BCUT2D eigenvalue weighted by Crippen LogP contribution is -2.50. The van der Waals surface area contributed by atoms with Crippen LogP contribution in [-0.4, -0.2) is 46.8 Å². The predicted molar refractivity (Wildman–Crippen MR) is 98.5 cm³/mol. The molecule has 2 aliphatic rings. The van der Waals surface area contributed by atoms with Crippen LogP contribution < -0.4 is 5.32 Å². The highest BCUT2D eigenvalue weighted by atomic mass is 19.4. The van der Waals surface area contributed by atoms with E-state index in [4.69, 9.17) is 0 Å². The maximum atomic E-state index is 13.2. The third-order valence-corrected chi connectivity index (χ3v) is 5.82. The third kappa shape index (κ3) is 4.23. The van der Waals surface area contributed by atoms with Gasteiger partial charge in [-0.2, -0.15) is 13.2 Å². The van der Waals surface area contributed by atoms with Crippen LogP contribution in [0.3, 0.4) is 0 Å². The number of carbonyl (C=O) groups excluding carboxylic acids is 3. The Hall–Kier alpha value is -2.58. The number of urea groups is 1. The molecule has 158 valence electrons. The number of imide groups is 1. The minimum absolute atomic E-state index is 0.0502. The molecule has 1 saturated heterocycles. The van der Waals surface area contributed by atoms with E-state index in [1.807, 2.05) is 0 Å². The van der Waals surface area contributed by atoms with Crippen LogP contribution in [0.15, 0.2) is 24.3 Å². The monoisotopic (exact) mass is 411 g/mol. The van der Waals surface area contributed by atoms with Gasteiger partial charge in [0, 0.05) is 13.6 Å². The second-order valence-corrected chi connectivity index (χ2v) is 7.99. The van der Waals surface area contributed by atoms with Crippen LogP contribution in [0.4, 0.5) is 18.0 Å². The number of benzene rings is 1. The van der Waals surface area contributed by atoms with Crippen molar-refractivity contribution in [3.8, 4) is 0 Å². The number of nitrogens with one attached hydrogen (secondary N) is 1. The summed E-state index contributed by atoms with van der Waals surface area (Å²) in [5, 5.41) is 2.73. The van der Waals surface area contributed by atoms with Crippen LogP contribution in [-0.2, 0) is 22.3 Å². The van der Waals surface area contributed by atoms with Gasteiger partial charge in [-0.1, -0.05) is 25.1 Å². The van der Waals surface area contributed by atoms with Gasteiger partial charge in [-0.05, 0) is 43.2 Å². The summed E-state index contributed by atoms with van der Waals surface area (Å²) >= 11 is 0. The highest BCUT2D eigenvalue weighted by Crippen LogP contribution is 2.36. The molecule has 0 unspecified atom stereocenters. The molecule has 2 fully saturated rings. The number of rotatable bonds is 4. The van der Waals surface area contributed by atoms with Crippen molar-refractivity contribution in [2.24, 2.45) is 5.92 Å². The molecular weight excluding hydrogens is 387 g/mol. The summed E-state index contributed by atoms with van der Waals surface area (Å²) in [5.41, 5.74) is -1.82. The summed E-state index contributed by atoms with van der Waals surface area (Å²) in [7, 11) is 1.35. The summed E-state index contributed by atoms with van der Waals surface area (Å²) < 4.78 is 39.5. The van der Waals surface area contributed by atoms with Crippen LogP contribution in [0, 0.1) is 5.92 Å². The smallest absolute Gasteiger partial charge is 0.340 e. The second-order valence-electron chi connectivity index (χ2n) is 7.99. The van der Waals surface area contributed by atoms with Crippen LogP contribution in [0.25, 0.3) is 0 Å². The Balaban J connectivity index is 1.68. The van der Waals surface area contributed by atoms with E-state index >= 15 is 0 Å². The summed E-state index contributed by atoms with van der Waals surface area (Å²) in [6, 6.07) is 4.39. The Morgan fingerprint density at radius 3 is 2.48 bits per heavy atom. The Morgan fingerprint density at radius 1 is 1.24 bits per heavy atom. The van der Waals surface area contributed by atoms with Crippen molar-refractivity contribution in [1.29, 1.82) is 0 Å². The number of alkyl halides is 3. The molecule has 29 heavy (non-hydrogen) atoms. The predicted octanol–water partition coefficient (Wildman–Crippen LogP) is 3.16. The van der Waals surface area contributed by atoms with Crippen LogP contribution in [0.2, 0.25) is 0 Å². The van der Waals surface area contributed by atoms with Crippen molar-refractivity contribution in [2.75, 3.05) is 13.6 Å². The summed E-state index contributed by atoms with van der Waals surface area (Å²) in [6.07, 6.45) is -1.86. The molecule has 0 aromatic heterocycles. The van der Waals surface area contributed by atoms with Gasteiger partial charge < -0.3 is 10.2 Å². The molecule has 0 radical (unpaired) electrons. The first-order valence-corrected chi connectivity index (χ1v) is 9.57. The molecule has 9 heteroatoms. The molecular formula is C20H24F3N3O3. The van der Waals surface area contributed by atoms with E-state index in [2.05, 4.69) is 12.2 Å². The molecule has 4 amide bonds. The van der Waals surface area contributed by atoms with Crippen molar-refractivity contribution >= 4 is 17.8 Å². The number of amides is 4. The number of hydrogen-bond donors (Lipinski definition) is 1. The van der Waals surface area contributed by atoms with E-state index in [1.165, 1.54) is 25.2 Å². The first kappa shape index (κ1) is 21.1. The Morgan fingerprint density at radius 2 is 1.86 bits per heavy atom. The van der Waals surface area contributed by atoms with Gasteiger partial charge >= 0.3 is 12.2 Å². The molecule has 6 nitrogen and oxygen atoms in total. The average Bonchev–Trinajstić information content (AvgIpc) is 2.88. The highest BCUT2D eigenvalue weighted by Gasteiger charge is 2.52. The third-order valence-electron chi connectivity index (χ3n) is 5.82. The van der Waals surface area contributed by atoms with E-state index in [-0.39, 0.29) is 12.1 Å². The van der Waals surface area contributed by atoms with Crippen molar-refractivity contribution in [2.45, 2.75) is 50.9 Å². The number of hydrogen-bond acceptors (Lipinski definition) is 3. The number of nitrogens with zero attached hydrogens (tertiary/aromatic N) is 2. The first-order valence-electron chi connectivity index (χ1n) is 9.57. The van der Waals surface area contributed by atoms with Crippen LogP contribution in [0.1, 0.15) is 43.7 Å². The molecule has 1 saturated carbocycles. The van der Waals surface area contributed by atoms with E-state index in [0.29, 0.717) is 18.8 Å². The lowest BCUT2D eigenvalue weighted by atomic mass is 9.77. The highest BCUT2D eigenvalue weighted by molar-refractivity contribution is 6.09. The Bertz CT molecular complexity index is 817. The maximum Gasteiger partial charge on any atom is 0.416 e. The zero-order valence-corrected chi connectivity index (χ0v) is 16.4. The molecule has 3 rings (SSSR count). The fourth-order valence-corrected chi connectivity index (χ4v) is 3.95. The van der Waals surface area contributed by atoms with Gasteiger partial charge in [-0.25, -0.2) is 4.79 Å². The zero-order valence-electron chi connectivity index (χ0n) is 16.4. The number of carbonyl (C=O) groups is 3. The molecule has 1 aromatic carbocycles. The van der Waals surface area contributed by atoms with E-state index in [0.717, 1.165) is 28.7 Å². The van der Waals surface area contributed by atoms with E-state index in [9.17, 15) is 27.6 Å². The fourth-order valence-electron chi connectivity index (χ4n) is 3.95. The summed E-state index contributed by atoms with van der Waals surface area (Å²) in [5.74, 6) is -0.556. The SMILES string of the molecule is CC1CCC2(CC1)NC(=O)N(CC(=O)N(C)Cc1ccccc1C(F)(F)F)C2=O. The van der Waals surface area contributed by atoms with Crippen molar-refractivity contribution in [3.05, 3.63) is 35.4 Å². The van der Waals surface area contributed by atoms with Gasteiger partial charge in [0.1, 0.15) is 12.1 Å². The quantitative estimate of drug-likeness (QED) is 0.774. The van der Waals surface area contributed by atoms with Gasteiger partial charge in [-0.3, -0.25) is 14.5 Å². The molecule has 1 aromatic rings. The molecule has 1 aliphatic heterocycles. The van der Waals surface area contributed by atoms with Crippen LogP contribution in [0.5, 0.6) is 0 Å². The first-order chi connectivity index (χ1) is 13.5. The van der Waals surface area contributed by atoms with Gasteiger partial charge in [0.15, 0.2) is 0 Å². The summed E-state index contributed by atoms with van der Waals surface area (Å²) in [4.78, 5) is 39.7. The van der Waals surface area contributed by atoms with Crippen molar-refractivity contribution < 1.29 is 27.6 Å². The largest absolute Gasteiger partial charge is 0.416 e.